The summed E-state index contributed by atoms with van der Waals surface area (Å²) in [6.45, 7) is 1.78. The number of nitrogens with two attached hydrogens (primary N) is 1. The molecule has 1 aromatic carbocycles. The summed E-state index contributed by atoms with van der Waals surface area (Å²) in [6.07, 6.45) is 5.10. The van der Waals surface area contributed by atoms with E-state index < -0.39 is 5.91 Å². The average Bonchev–Trinajstić information content (AvgIpc) is 3.06. The first-order chi connectivity index (χ1) is 13.9. The standard InChI is InChI=1S/C21H27FN4O3/c1-25-14-18(21(23)28)19(24-25)12-15-7-9-26(10-8-15)20(27)6-3-11-29-17-5-2-4-16(22)13-17/h2,4-5,13-15H,3,6-12H2,1H3,(H2,23,28). The number of piperidine rings is 1. The molecule has 1 aromatic heterocycles. The summed E-state index contributed by atoms with van der Waals surface area (Å²) in [6, 6.07) is 5.98. The smallest absolute Gasteiger partial charge is 0.252 e. The van der Waals surface area contributed by atoms with Gasteiger partial charge in [0.15, 0.2) is 0 Å². The Kier molecular flexibility index (Phi) is 6.85. The van der Waals surface area contributed by atoms with Gasteiger partial charge in [-0.25, -0.2) is 4.39 Å². The number of carbonyl (C=O) groups excluding carboxylic acids is 2. The van der Waals surface area contributed by atoms with Crippen molar-refractivity contribution in [2.45, 2.75) is 32.1 Å². The van der Waals surface area contributed by atoms with Crippen LogP contribution in [0.5, 0.6) is 5.75 Å². The summed E-state index contributed by atoms with van der Waals surface area (Å²) in [4.78, 5) is 25.8. The molecule has 2 N–H and O–H groups in total. The predicted molar refractivity (Wildman–Crippen MR) is 106 cm³/mol. The fourth-order valence-electron chi connectivity index (χ4n) is 3.68. The second-order valence-electron chi connectivity index (χ2n) is 7.47. The zero-order valence-electron chi connectivity index (χ0n) is 16.6. The van der Waals surface area contributed by atoms with Crippen molar-refractivity contribution >= 4 is 11.8 Å². The third-order valence-electron chi connectivity index (χ3n) is 5.22. The number of halogens is 1. The number of hydrogen-bond acceptors (Lipinski definition) is 4. The molecule has 2 amide bonds. The van der Waals surface area contributed by atoms with E-state index in [1.54, 1.807) is 30.1 Å². The fraction of sp³-hybridized carbons (Fsp3) is 0.476. The van der Waals surface area contributed by atoms with Gasteiger partial charge in [-0.3, -0.25) is 14.3 Å². The second kappa shape index (κ2) is 9.54. The minimum atomic E-state index is -0.457. The van der Waals surface area contributed by atoms with Crippen LogP contribution in [0.3, 0.4) is 0 Å². The molecule has 0 saturated carbocycles. The van der Waals surface area contributed by atoms with Crippen molar-refractivity contribution in [1.29, 1.82) is 0 Å². The summed E-state index contributed by atoms with van der Waals surface area (Å²) >= 11 is 0. The number of primary amides is 1. The van der Waals surface area contributed by atoms with Crippen molar-refractivity contribution in [3.8, 4) is 5.75 Å². The van der Waals surface area contributed by atoms with Gasteiger partial charge in [-0.15, -0.1) is 0 Å². The Hall–Kier alpha value is -2.90. The van der Waals surface area contributed by atoms with Gasteiger partial charge in [0, 0.05) is 38.8 Å². The quantitative estimate of drug-likeness (QED) is 0.686. The maximum atomic E-state index is 13.1. The Balaban J connectivity index is 1.39. The highest BCUT2D eigenvalue weighted by molar-refractivity contribution is 5.93. The molecule has 7 nitrogen and oxygen atoms in total. The Morgan fingerprint density at radius 3 is 2.76 bits per heavy atom. The average molecular weight is 402 g/mol. The molecular formula is C21H27FN4O3. The first-order valence-electron chi connectivity index (χ1n) is 9.91. The van der Waals surface area contributed by atoms with Crippen LogP contribution in [-0.2, 0) is 18.3 Å². The Morgan fingerprint density at radius 1 is 1.31 bits per heavy atom. The number of hydrogen-bond donors (Lipinski definition) is 1. The highest BCUT2D eigenvalue weighted by Crippen LogP contribution is 2.23. The van der Waals surface area contributed by atoms with Crippen molar-refractivity contribution < 1.29 is 18.7 Å². The molecule has 0 atom stereocenters. The lowest BCUT2D eigenvalue weighted by Gasteiger charge is -2.32. The lowest BCUT2D eigenvalue weighted by atomic mass is 9.91. The van der Waals surface area contributed by atoms with E-state index in [9.17, 15) is 14.0 Å². The molecule has 0 spiro atoms. The van der Waals surface area contributed by atoms with E-state index in [-0.39, 0.29) is 11.7 Å². The number of aromatic nitrogens is 2. The molecule has 2 aromatic rings. The van der Waals surface area contributed by atoms with Crippen LogP contribution in [0, 0.1) is 11.7 Å². The van der Waals surface area contributed by atoms with Gasteiger partial charge >= 0.3 is 0 Å². The van der Waals surface area contributed by atoms with Gasteiger partial charge in [-0.1, -0.05) is 6.07 Å². The second-order valence-corrected chi connectivity index (χ2v) is 7.47. The largest absolute Gasteiger partial charge is 0.493 e. The topological polar surface area (TPSA) is 90.5 Å². The van der Waals surface area contributed by atoms with Crippen LogP contribution in [0.15, 0.2) is 30.5 Å². The molecule has 29 heavy (non-hydrogen) atoms. The number of aryl methyl sites for hydroxylation is 1. The number of rotatable bonds is 8. The Morgan fingerprint density at radius 2 is 2.07 bits per heavy atom. The van der Waals surface area contributed by atoms with Crippen LogP contribution in [0.4, 0.5) is 4.39 Å². The molecule has 0 unspecified atom stereocenters. The molecule has 0 radical (unpaired) electrons. The van der Waals surface area contributed by atoms with E-state index in [1.807, 2.05) is 4.90 Å². The normalized spacial score (nSPS) is 14.8. The van der Waals surface area contributed by atoms with Gasteiger partial charge in [0.25, 0.3) is 5.91 Å². The summed E-state index contributed by atoms with van der Waals surface area (Å²) in [7, 11) is 1.77. The summed E-state index contributed by atoms with van der Waals surface area (Å²) in [5.74, 6) is 0.171. The van der Waals surface area contributed by atoms with Gasteiger partial charge in [0.2, 0.25) is 5.91 Å². The molecule has 0 bridgehead atoms. The highest BCUT2D eigenvalue weighted by atomic mass is 19.1. The Bertz CT molecular complexity index is 859. The molecule has 1 aliphatic rings. The zero-order valence-corrected chi connectivity index (χ0v) is 16.6. The maximum absolute atomic E-state index is 13.1. The van der Waals surface area contributed by atoms with Crippen molar-refractivity contribution in [3.05, 3.63) is 47.5 Å². The SMILES string of the molecule is Cn1cc(C(N)=O)c(CC2CCN(C(=O)CCCOc3cccc(F)c3)CC2)n1. The summed E-state index contributed by atoms with van der Waals surface area (Å²) in [5.41, 5.74) is 6.63. The number of nitrogens with zero attached hydrogens (tertiary/aromatic N) is 3. The van der Waals surface area contributed by atoms with E-state index in [1.165, 1.54) is 12.1 Å². The van der Waals surface area contributed by atoms with Gasteiger partial charge in [-0.2, -0.15) is 5.10 Å². The van der Waals surface area contributed by atoms with E-state index in [0.29, 0.717) is 56.2 Å². The lowest BCUT2D eigenvalue weighted by molar-refractivity contribution is -0.132. The van der Waals surface area contributed by atoms with Gasteiger partial charge in [0.05, 0.1) is 17.9 Å². The summed E-state index contributed by atoms with van der Waals surface area (Å²) in [5, 5.41) is 4.36. The van der Waals surface area contributed by atoms with Crippen LogP contribution >= 0.6 is 0 Å². The van der Waals surface area contributed by atoms with E-state index in [0.717, 1.165) is 18.5 Å². The fourth-order valence-corrected chi connectivity index (χ4v) is 3.68. The minimum Gasteiger partial charge on any atom is -0.493 e. The van der Waals surface area contributed by atoms with E-state index in [4.69, 9.17) is 10.5 Å². The van der Waals surface area contributed by atoms with Crippen molar-refractivity contribution in [2.24, 2.45) is 18.7 Å². The van der Waals surface area contributed by atoms with Crippen LogP contribution in [-0.4, -0.2) is 46.2 Å². The van der Waals surface area contributed by atoms with Crippen molar-refractivity contribution in [1.82, 2.24) is 14.7 Å². The highest BCUT2D eigenvalue weighted by Gasteiger charge is 2.25. The van der Waals surface area contributed by atoms with Crippen LogP contribution in [0.1, 0.15) is 41.7 Å². The van der Waals surface area contributed by atoms with Crippen molar-refractivity contribution in [3.63, 3.8) is 0 Å². The number of benzene rings is 1. The predicted octanol–water partition coefficient (Wildman–Crippen LogP) is 2.30. The van der Waals surface area contributed by atoms with Gasteiger partial charge < -0.3 is 15.4 Å². The van der Waals surface area contributed by atoms with Crippen LogP contribution in [0.25, 0.3) is 0 Å². The molecule has 1 fully saturated rings. The van der Waals surface area contributed by atoms with E-state index >= 15 is 0 Å². The van der Waals surface area contributed by atoms with Crippen LogP contribution < -0.4 is 10.5 Å². The first-order valence-corrected chi connectivity index (χ1v) is 9.91. The minimum absolute atomic E-state index is 0.113. The number of ether oxygens (including phenoxy) is 1. The third-order valence-corrected chi connectivity index (χ3v) is 5.22. The summed E-state index contributed by atoms with van der Waals surface area (Å²) < 4.78 is 20.2. The molecule has 0 aliphatic carbocycles. The maximum Gasteiger partial charge on any atom is 0.252 e. The molecule has 3 rings (SSSR count). The van der Waals surface area contributed by atoms with Crippen molar-refractivity contribution in [2.75, 3.05) is 19.7 Å². The number of likely N-dealkylation sites (tertiary alicyclic amines) is 1. The molecule has 1 aliphatic heterocycles. The van der Waals surface area contributed by atoms with E-state index in [2.05, 4.69) is 5.10 Å². The number of carbonyl (C=O) groups is 2. The molecule has 1 saturated heterocycles. The third kappa shape index (κ3) is 5.79. The van der Waals surface area contributed by atoms with Gasteiger partial charge in [0.1, 0.15) is 11.6 Å². The number of amides is 2. The first kappa shape index (κ1) is 20.8. The molecule has 2 heterocycles. The van der Waals surface area contributed by atoms with Crippen LogP contribution in [0.2, 0.25) is 0 Å². The molecule has 156 valence electrons. The zero-order chi connectivity index (χ0) is 20.8. The monoisotopic (exact) mass is 402 g/mol. The van der Waals surface area contributed by atoms with Gasteiger partial charge in [-0.05, 0) is 43.7 Å². The molecular weight excluding hydrogens is 375 g/mol. The lowest BCUT2D eigenvalue weighted by Crippen LogP contribution is -2.39. The Labute approximate surface area is 169 Å². The molecule has 8 heteroatoms.